The Hall–Kier alpha value is -1.29. The summed E-state index contributed by atoms with van der Waals surface area (Å²) in [5.41, 5.74) is 0.832. The largest absolute Gasteiger partial charge is 0.385 e. The van der Waals surface area contributed by atoms with Crippen LogP contribution in [0, 0.1) is 5.92 Å². The average Bonchev–Trinajstić information content (AvgIpc) is 2.83. The molecule has 1 aliphatic rings. The van der Waals surface area contributed by atoms with Gasteiger partial charge in [-0.2, -0.15) is 0 Å². The first-order valence-corrected chi connectivity index (χ1v) is 6.75. The van der Waals surface area contributed by atoms with Crippen LogP contribution in [0.1, 0.15) is 43.9 Å². The first-order chi connectivity index (χ1) is 8.68. The van der Waals surface area contributed by atoms with E-state index in [-0.39, 0.29) is 11.8 Å². The van der Waals surface area contributed by atoms with Crippen LogP contribution in [0.3, 0.4) is 0 Å². The summed E-state index contributed by atoms with van der Waals surface area (Å²) in [6, 6.07) is 3.76. The molecule has 4 nitrogen and oxygen atoms in total. The van der Waals surface area contributed by atoms with E-state index < -0.39 is 6.10 Å². The first kappa shape index (κ1) is 13.1. The number of hydrogen-bond donors (Lipinski definition) is 2. The Bertz CT molecular complexity index is 394. The Labute approximate surface area is 108 Å². The van der Waals surface area contributed by atoms with Gasteiger partial charge in [-0.25, -0.2) is 0 Å². The Morgan fingerprint density at radius 1 is 1.50 bits per heavy atom. The van der Waals surface area contributed by atoms with Crippen LogP contribution in [0.5, 0.6) is 0 Å². The van der Waals surface area contributed by atoms with Crippen molar-refractivity contribution >= 4 is 5.91 Å². The molecular formula is C14H22N2O2. The van der Waals surface area contributed by atoms with Crippen LogP contribution in [0.15, 0.2) is 18.3 Å². The number of nitrogens with one attached hydrogen (secondary N) is 1. The number of aromatic nitrogens is 1. The van der Waals surface area contributed by atoms with Gasteiger partial charge in [0.1, 0.15) is 6.10 Å². The summed E-state index contributed by atoms with van der Waals surface area (Å²) in [7, 11) is 1.89. The summed E-state index contributed by atoms with van der Waals surface area (Å²) >= 11 is 0. The number of carbonyl (C=O) groups excluding carboxylic acids is 1. The zero-order valence-corrected chi connectivity index (χ0v) is 10.9. The van der Waals surface area contributed by atoms with Crippen LogP contribution in [-0.2, 0) is 11.8 Å². The lowest BCUT2D eigenvalue weighted by Gasteiger charge is -2.21. The molecule has 1 atom stereocenters. The van der Waals surface area contributed by atoms with E-state index in [4.69, 9.17) is 0 Å². The topological polar surface area (TPSA) is 54.3 Å². The number of aliphatic hydroxyl groups is 1. The van der Waals surface area contributed by atoms with E-state index >= 15 is 0 Å². The van der Waals surface area contributed by atoms with E-state index in [1.807, 2.05) is 29.9 Å². The molecule has 1 aromatic heterocycles. The number of aryl methyl sites for hydroxylation is 1. The number of amides is 1. The molecule has 18 heavy (non-hydrogen) atoms. The fourth-order valence-corrected chi connectivity index (χ4v) is 2.63. The number of aliphatic hydroxyl groups excluding tert-OH is 1. The van der Waals surface area contributed by atoms with Crippen LogP contribution in [0.2, 0.25) is 0 Å². The smallest absolute Gasteiger partial charge is 0.223 e. The third-order valence-electron chi connectivity index (χ3n) is 3.77. The van der Waals surface area contributed by atoms with Crippen molar-refractivity contribution in [3.8, 4) is 0 Å². The first-order valence-electron chi connectivity index (χ1n) is 6.75. The minimum Gasteiger partial charge on any atom is -0.385 e. The number of carbonyl (C=O) groups is 1. The minimum absolute atomic E-state index is 0.1000. The van der Waals surface area contributed by atoms with Gasteiger partial charge in [-0.15, -0.1) is 0 Å². The van der Waals surface area contributed by atoms with Gasteiger partial charge in [0.2, 0.25) is 5.91 Å². The van der Waals surface area contributed by atoms with E-state index in [0.29, 0.717) is 6.54 Å². The van der Waals surface area contributed by atoms with Gasteiger partial charge in [0.05, 0.1) is 0 Å². The molecule has 2 N–H and O–H groups in total. The van der Waals surface area contributed by atoms with E-state index in [1.54, 1.807) is 0 Å². The molecule has 0 aliphatic heterocycles. The van der Waals surface area contributed by atoms with Gasteiger partial charge in [0, 0.05) is 31.4 Å². The summed E-state index contributed by atoms with van der Waals surface area (Å²) in [6.45, 7) is 0.299. The summed E-state index contributed by atoms with van der Waals surface area (Å²) in [5, 5.41) is 12.9. The fourth-order valence-electron chi connectivity index (χ4n) is 2.63. The van der Waals surface area contributed by atoms with Gasteiger partial charge < -0.3 is 15.0 Å². The molecule has 1 saturated carbocycles. The summed E-state index contributed by atoms with van der Waals surface area (Å²) in [6.07, 6.45) is 6.80. The van der Waals surface area contributed by atoms with Crippen molar-refractivity contribution in [2.45, 2.75) is 38.2 Å². The van der Waals surface area contributed by atoms with Gasteiger partial charge in [-0.05, 0) is 25.0 Å². The number of hydrogen-bond acceptors (Lipinski definition) is 2. The molecule has 1 fully saturated rings. The minimum atomic E-state index is -0.627. The Morgan fingerprint density at radius 2 is 2.22 bits per heavy atom. The highest BCUT2D eigenvalue weighted by atomic mass is 16.3. The fraction of sp³-hybridized carbons (Fsp3) is 0.643. The van der Waals surface area contributed by atoms with Crippen molar-refractivity contribution in [1.82, 2.24) is 9.88 Å². The summed E-state index contributed by atoms with van der Waals surface area (Å²) in [4.78, 5) is 11.9. The third kappa shape index (κ3) is 3.13. The zero-order valence-electron chi connectivity index (χ0n) is 10.9. The Balaban J connectivity index is 1.80. The Morgan fingerprint density at radius 3 is 2.83 bits per heavy atom. The lowest BCUT2D eigenvalue weighted by atomic mass is 9.88. The second kappa shape index (κ2) is 6.05. The van der Waals surface area contributed by atoms with Gasteiger partial charge in [0.15, 0.2) is 0 Å². The average molecular weight is 250 g/mol. The van der Waals surface area contributed by atoms with E-state index in [9.17, 15) is 9.90 Å². The van der Waals surface area contributed by atoms with Crippen molar-refractivity contribution in [2.24, 2.45) is 13.0 Å². The van der Waals surface area contributed by atoms with Crippen molar-refractivity contribution < 1.29 is 9.90 Å². The van der Waals surface area contributed by atoms with Crippen molar-refractivity contribution in [2.75, 3.05) is 6.54 Å². The molecule has 4 heteroatoms. The molecule has 100 valence electrons. The molecule has 1 heterocycles. The molecule has 1 aromatic rings. The van der Waals surface area contributed by atoms with Gasteiger partial charge in [-0.3, -0.25) is 4.79 Å². The van der Waals surface area contributed by atoms with Crippen molar-refractivity contribution in [3.63, 3.8) is 0 Å². The molecule has 0 spiro atoms. The highest BCUT2D eigenvalue weighted by molar-refractivity contribution is 5.78. The quantitative estimate of drug-likeness (QED) is 0.855. The summed E-state index contributed by atoms with van der Waals surface area (Å²) in [5.74, 6) is 0.252. The summed E-state index contributed by atoms with van der Waals surface area (Å²) < 4.78 is 1.87. The van der Waals surface area contributed by atoms with Crippen LogP contribution in [0.4, 0.5) is 0 Å². The SMILES string of the molecule is Cn1cccc1[C@H](O)CNC(=O)C1CCCCC1. The Kier molecular flexibility index (Phi) is 4.42. The predicted octanol–water partition coefficient (Wildman–Crippen LogP) is 1.75. The van der Waals surface area contributed by atoms with Crippen LogP contribution in [0.25, 0.3) is 0 Å². The maximum Gasteiger partial charge on any atom is 0.223 e. The molecule has 1 amide bonds. The van der Waals surface area contributed by atoms with E-state index in [2.05, 4.69) is 5.32 Å². The molecule has 0 unspecified atom stereocenters. The second-order valence-electron chi connectivity index (χ2n) is 5.14. The van der Waals surface area contributed by atoms with Crippen LogP contribution in [-0.4, -0.2) is 22.1 Å². The normalized spacial score (nSPS) is 18.6. The maximum atomic E-state index is 11.9. The molecule has 1 aliphatic carbocycles. The van der Waals surface area contributed by atoms with Gasteiger partial charge >= 0.3 is 0 Å². The van der Waals surface area contributed by atoms with Crippen molar-refractivity contribution in [1.29, 1.82) is 0 Å². The molecule has 2 rings (SSSR count). The second-order valence-corrected chi connectivity index (χ2v) is 5.14. The molecule has 0 saturated heterocycles. The number of nitrogens with zero attached hydrogens (tertiary/aromatic N) is 1. The van der Waals surface area contributed by atoms with Gasteiger partial charge in [-0.1, -0.05) is 19.3 Å². The van der Waals surface area contributed by atoms with E-state index in [0.717, 1.165) is 31.4 Å². The van der Waals surface area contributed by atoms with Crippen molar-refractivity contribution in [3.05, 3.63) is 24.0 Å². The number of rotatable bonds is 4. The molecule has 0 aromatic carbocycles. The van der Waals surface area contributed by atoms with E-state index in [1.165, 1.54) is 6.42 Å². The zero-order chi connectivity index (χ0) is 13.0. The predicted molar refractivity (Wildman–Crippen MR) is 70.0 cm³/mol. The highest BCUT2D eigenvalue weighted by Gasteiger charge is 2.21. The molecule has 0 bridgehead atoms. The lowest BCUT2D eigenvalue weighted by Crippen LogP contribution is -2.35. The third-order valence-corrected chi connectivity index (χ3v) is 3.77. The standard InChI is InChI=1S/C14H22N2O2/c1-16-9-5-8-12(16)13(17)10-15-14(18)11-6-3-2-4-7-11/h5,8-9,11,13,17H,2-4,6-7,10H2,1H3,(H,15,18)/t13-/m1/s1. The molecule has 0 radical (unpaired) electrons. The van der Waals surface area contributed by atoms with Crippen LogP contribution >= 0.6 is 0 Å². The van der Waals surface area contributed by atoms with Gasteiger partial charge in [0.25, 0.3) is 0 Å². The monoisotopic (exact) mass is 250 g/mol. The highest BCUT2D eigenvalue weighted by Crippen LogP contribution is 2.23. The maximum absolute atomic E-state index is 11.9. The molecular weight excluding hydrogens is 228 g/mol. The van der Waals surface area contributed by atoms with Crippen LogP contribution < -0.4 is 5.32 Å². The lowest BCUT2D eigenvalue weighted by molar-refractivity contribution is -0.126.